The molecule has 3 N–H and O–H groups in total. The van der Waals surface area contributed by atoms with Gasteiger partial charge in [0.05, 0.1) is 13.2 Å². The van der Waals surface area contributed by atoms with Crippen LogP contribution in [0.4, 0.5) is 0 Å². The molecule has 5 heteroatoms. The van der Waals surface area contributed by atoms with Gasteiger partial charge in [-0.3, -0.25) is 0 Å². The lowest BCUT2D eigenvalue weighted by Gasteiger charge is -1.96. The summed E-state index contributed by atoms with van der Waals surface area (Å²) in [4.78, 5) is 0. The van der Waals surface area contributed by atoms with Crippen molar-refractivity contribution in [2.75, 3.05) is 34.2 Å². The summed E-state index contributed by atoms with van der Waals surface area (Å²) >= 11 is 0. The topological polar surface area (TPSA) is 79.2 Å². The molecule has 0 aromatic carbocycles. The van der Waals surface area contributed by atoms with E-state index in [0.717, 1.165) is 0 Å². The normalized spacial score (nSPS) is 9.27. The van der Waals surface area contributed by atoms with Crippen molar-refractivity contribution in [3.05, 3.63) is 0 Å². The minimum Gasteiger partial charge on any atom is -0.394 e. The van der Waals surface area contributed by atoms with Crippen molar-refractivity contribution in [2.45, 2.75) is 6.10 Å². The van der Waals surface area contributed by atoms with Crippen molar-refractivity contribution >= 4 is 0 Å². The molecule has 0 atom stereocenters. The lowest BCUT2D eigenvalue weighted by atomic mass is 10.4. The molecule has 0 aromatic rings. The van der Waals surface area contributed by atoms with Crippen molar-refractivity contribution in [1.29, 1.82) is 0 Å². The number of aliphatic hydroxyl groups is 3. The summed E-state index contributed by atoms with van der Waals surface area (Å²) in [7, 11) is 3.17. The Labute approximate surface area is 66.2 Å². The van der Waals surface area contributed by atoms with Gasteiger partial charge in [0.1, 0.15) is 12.9 Å². The van der Waals surface area contributed by atoms with E-state index in [-0.39, 0.29) is 13.2 Å². The molecule has 0 fully saturated rings. The van der Waals surface area contributed by atoms with Gasteiger partial charge in [0.25, 0.3) is 0 Å². The molecule has 0 saturated carbocycles. The van der Waals surface area contributed by atoms with Crippen LogP contribution < -0.4 is 0 Å². The summed E-state index contributed by atoms with van der Waals surface area (Å²) in [5.74, 6) is 0. The molecule has 0 aromatic heterocycles. The number of hydrogen-bond acceptors (Lipinski definition) is 5. The molecule has 11 heavy (non-hydrogen) atoms. The van der Waals surface area contributed by atoms with E-state index in [4.69, 9.17) is 15.3 Å². The van der Waals surface area contributed by atoms with Crippen LogP contribution in [0.25, 0.3) is 0 Å². The van der Waals surface area contributed by atoms with Crippen LogP contribution >= 0.6 is 0 Å². The van der Waals surface area contributed by atoms with Gasteiger partial charge >= 0.3 is 0 Å². The Balaban J connectivity index is 0. The maximum Gasteiger partial charge on any atom is 0.145 e. The first-order valence-corrected chi connectivity index (χ1v) is 3.10. The molecule has 0 amide bonds. The fourth-order valence-electron chi connectivity index (χ4n) is 0.176. The average Bonchev–Trinajstić information content (AvgIpc) is 2.06. The third-order valence-corrected chi connectivity index (χ3v) is 0.657. The number of ether oxygens (including phenoxy) is 2. The highest BCUT2D eigenvalue weighted by atomic mass is 16.6. The SMILES string of the molecule is COCOC.OCC(O)CO. The quantitative estimate of drug-likeness (QED) is 0.448. The molecule has 0 aliphatic heterocycles. The van der Waals surface area contributed by atoms with Crippen LogP contribution in [0.2, 0.25) is 0 Å². The van der Waals surface area contributed by atoms with Crippen LogP contribution in [-0.2, 0) is 9.47 Å². The van der Waals surface area contributed by atoms with Crippen LogP contribution in [0, 0.1) is 0 Å². The molecule has 0 aliphatic carbocycles. The molecule has 0 saturated heterocycles. The monoisotopic (exact) mass is 168 g/mol. The molecule has 0 bridgehead atoms. The zero-order chi connectivity index (χ0) is 9.11. The predicted molar refractivity (Wildman–Crippen MR) is 39.1 cm³/mol. The van der Waals surface area contributed by atoms with E-state index in [1.165, 1.54) is 0 Å². The Bertz CT molecular complexity index is 52.9. The van der Waals surface area contributed by atoms with Gasteiger partial charge in [0.2, 0.25) is 0 Å². The van der Waals surface area contributed by atoms with Gasteiger partial charge in [-0.05, 0) is 0 Å². The van der Waals surface area contributed by atoms with Crippen LogP contribution in [0.5, 0.6) is 0 Å². The molecule has 0 spiro atoms. The van der Waals surface area contributed by atoms with Gasteiger partial charge in [-0.25, -0.2) is 0 Å². The zero-order valence-electron chi connectivity index (χ0n) is 6.86. The largest absolute Gasteiger partial charge is 0.394 e. The Hall–Kier alpha value is -0.200. The van der Waals surface area contributed by atoms with Gasteiger partial charge < -0.3 is 24.8 Å². The number of hydrogen-bond donors (Lipinski definition) is 3. The Morgan fingerprint density at radius 3 is 1.45 bits per heavy atom. The Kier molecular flexibility index (Phi) is 15.2. The van der Waals surface area contributed by atoms with Crippen LogP contribution in [-0.4, -0.2) is 55.6 Å². The van der Waals surface area contributed by atoms with E-state index in [2.05, 4.69) is 9.47 Å². The second-order valence-electron chi connectivity index (χ2n) is 1.71. The first-order chi connectivity index (χ1) is 5.22. The lowest BCUT2D eigenvalue weighted by molar-refractivity contribution is -0.00271. The summed E-state index contributed by atoms with van der Waals surface area (Å²) in [5.41, 5.74) is 0. The zero-order valence-corrected chi connectivity index (χ0v) is 6.86. The molecular weight excluding hydrogens is 152 g/mol. The second kappa shape index (κ2) is 12.5. The fourth-order valence-corrected chi connectivity index (χ4v) is 0.176. The summed E-state index contributed by atoms with van der Waals surface area (Å²) < 4.78 is 8.94. The van der Waals surface area contributed by atoms with Crippen LogP contribution in [0.15, 0.2) is 0 Å². The molecule has 0 heterocycles. The highest BCUT2D eigenvalue weighted by Crippen LogP contribution is 1.71. The molecule has 0 aliphatic rings. The molecular formula is C6H16O5. The third-order valence-electron chi connectivity index (χ3n) is 0.657. The smallest absolute Gasteiger partial charge is 0.145 e. The molecule has 5 nitrogen and oxygen atoms in total. The van der Waals surface area contributed by atoms with Gasteiger partial charge in [-0.1, -0.05) is 0 Å². The average molecular weight is 168 g/mol. The molecule has 70 valence electrons. The minimum atomic E-state index is -0.954. The van der Waals surface area contributed by atoms with Gasteiger partial charge in [-0.2, -0.15) is 0 Å². The summed E-state index contributed by atoms with van der Waals surface area (Å²) in [6.07, 6.45) is -0.954. The third kappa shape index (κ3) is 17.7. The number of methoxy groups -OCH3 is 2. The van der Waals surface area contributed by atoms with Gasteiger partial charge in [-0.15, -0.1) is 0 Å². The van der Waals surface area contributed by atoms with Crippen molar-refractivity contribution in [3.63, 3.8) is 0 Å². The summed E-state index contributed by atoms with van der Waals surface area (Å²) in [6.45, 7) is -0.340. The van der Waals surface area contributed by atoms with Gasteiger partial charge in [0.15, 0.2) is 0 Å². The van der Waals surface area contributed by atoms with Crippen molar-refractivity contribution in [2.24, 2.45) is 0 Å². The summed E-state index contributed by atoms with van der Waals surface area (Å²) in [6, 6.07) is 0. The highest BCUT2D eigenvalue weighted by Gasteiger charge is 1.93. The maximum absolute atomic E-state index is 8.17. The van der Waals surface area contributed by atoms with E-state index in [1.54, 1.807) is 14.2 Å². The van der Waals surface area contributed by atoms with Crippen molar-refractivity contribution in [3.8, 4) is 0 Å². The van der Waals surface area contributed by atoms with Crippen LogP contribution in [0.1, 0.15) is 0 Å². The van der Waals surface area contributed by atoms with Crippen LogP contribution in [0.3, 0.4) is 0 Å². The van der Waals surface area contributed by atoms with Crippen molar-refractivity contribution < 1.29 is 24.8 Å². The summed E-state index contributed by atoms with van der Waals surface area (Å²) in [5, 5.41) is 24.0. The van der Waals surface area contributed by atoms with E-state index < -0.39 is 6.10 Å². The fraction of sp³-hybridized carbons (Fsp3) is 1.00. The maximum atomic E-state index is 8.17. The molecule has 0 radical (unpaired) electrons. The minimum absolute atomic E-state index is 0.365. The first kappa shape index (κ1) is 13.4. The predicted octanol–water partition coefficient (Wildman–Crippen LogP) is -1.43. The Morgan fingerprint density at radius 2 is 1.45 bits per heavy atom. The highest BCUT2D eigenvalue weighted by molar-refractivity contribution is 4.43. The van der Waals surface area contributed by atoms with E-state index in [0.29, 0.717) is 6.79 Å². The molecule has 0 rings (SSSR count). The Morgan fingerprint density at radius 1 is 1.09 bits per heavy atom. The number of rotatable bonds is 4. The number of aliphatic hydroxyl groups excluding tert-OH is 3. The van der Waals surface area contributed by atoms with E-state index in [1.807, 2.05) is 0 Å². The first-order valence-electron chi connectivity index (χ1n) is 3.10. The molecule has 0 unspecified atom stereocenters. The standard InChI is InChI=1S/C3H8O3.C3H8O2/c4-1-3(6)2-5;1-4-3-5-2/h3-6H,1-2H2;3H2,1-2H3. The lowest BCUT2D eigenvalue weighted by Crippen LogP contribution is -2.15. The second-order valence-corrected chi connectivity index (χ2v) is 1.71. The van der Waals surface area contributed by atoms with Gasteiger partial charge in [0, 0.05) is 14.2 Å². The van der Waals surface area contributed by atoms with E-state index in [9.17, 15) is 0 Å². The van der Waals surface area contributed by atoms with E-state index >= 15 is 0 Å². The van der Waals surface area contributed by atoms with Crippen molar-refractivity contribution in [1.82, 2.24) is 0 Å².